The number of phenols is 1. The molecule has 9 heteroatoms. The Bertz CT molecular complexity index is 1030. The molecule has 1 N–H and O–H groups in total. The van der Waals surface area contributed by atoms with Crippen molar-refractivity contribution >= 4 is 21.6 Å². The molecule has 8 nitrogen and oxygen atoms in total. The summed E-state index contributed by atoms with van der Waals surface area (Å²) in [7, 11) is -2.91. The van der Waals surface area contributed by atoms with E-state index in [4.69, 9.17) is 4.74 Å². The summed E-state index contributed by atoms with van der Waals surface area (Å²) >= 11 is 0. The van der Waals surface area contributed by atoms with Gasteiger partial charge in [-0.15, -0.1) is 0 Å². The number of hydrogen-bond acceptors (Lipinski definition) is 7. The van der Waals surface area contributed by atoms with Crippen LogP contribution in [0.4, 0.5) is 5.69 Å². The molecule has 0 aliphatic carbocycles. The van der Waals surface area contributed by atoms with Gasteiger partial charge in [0.05, 0.1) is 16.9 Å². The van der Waals surface area contributed by atoms with Crippen LogP contribution in [0.2, 0.25) is 0 Å². The van der Waals surface area contributed by atoms with Gasteiger partial charge in [0.2, 0.25) is 15.6 Å². The van der Waals surface area contributed by atoms with E-state index in [-0.39, 0.29) is 16.2 Å². The first-order chi connectivity index (χ1) is 12.2. The number of nitrogens with zero attached hydrogens (tertiary/aromatic N) is 2. The number of allylic oxidation sites excluding steroid dienone is 1. The molecule has 0 aliphatic heterocycles. The zero-order valence-corrected chi connectivity index (χ0v) is 14.6. The quantitative estimate of drug-likeness (QED) is 0.483. The fraction of sp³-hybridized carbons (Fsp3) is 0.118. The van der Waals surface area contributed by atoms with E-state index in [1.165, 1.54) is 25.3 Å². The molecular weight excluding hydrogens is 360 g/mol. The van der Waals surface area contributed by atoms with E-state index in [9.17, 15) is 28.9 Å². The summed E-state index contributed by atoms with van der Waals surface area (Å²) in [6.07, 6.45) is 0.990. The van der Waals surface area contributed by atoms with Crippen LogP contribution in [0.25, 0.3) is 6.08 Å². The van der Waals surface area contributed by atoms with Crippen molar-refractivity contribution in [2.24, 2.45) is 0 Å². The lowest BCUT2D eigenvalue weighted by Crippen LogP contribution is -2.03. The van der Waals surface area contributed by atoms with Crippen LogP contribution in [0.3, 0.4) is 0 Å². The van der Waals surface area contributed by atoms with Crippen LogP contribution in [0.5, 0.6) is 11.5 Å². The number of aryl methyl sites for hydroxylation is 1. The first kappa shape index (κ1) is 19.0. The lowest BCUT2D eigenvalue weighted by molar-refractivity contribution is -0.386. The van der Waals surface area contributed by atoms with Crippen LogP contribution in [0.1, 0.15) is 11.1 Å². The van der Waals surface area contributed by atoms with Crippen molar-refractivity contribution < 1.29 is 23.2 Å². The fourth-order valence-corrected chi connectivity index (χ4v) is 3.32. The Morgan fingerprint density at radius 1 is 1.31 bits per heavy atom. The van der Waals surface area contributed by atoms with Crippen molar-refractivity contribution in [3.8, 4) is 17.6 Å². The molecule has 0 atom stereocenters. The molecule has 0 spiro atoms. The highest BCUT2D eigenvalue weighted by Crippen LogP contribution is 2.37. The highest BCUT2D eigenvalue weighted by Gasteiger charge is 2.23. The maximum atomic E-state index is 12.6. The number of methoxy groups -OCH3 is 1. The first-order valence-corrected chi connectivity index (χ1v) is 8.68. The molecule has 0 aromatic heterocycles. The van der Waals surface area contributed by atoms with Crippen LogP contribution in [-0.4, -0.2) is 25.6 Å². The standard InChI is InChI=1S/C17H14N2O6S/c1-11-3-5-13(6-4-11)26(23,24)14(10-18)7-12-8-15(19(21)22)17(20)16(9-12)25-2/h3-9,20H,1-2H3/b14-7+. The van der Waals surface area contributed by atoms with Crippen molar-refractivity contribution in [2.45, 2.75) is 11.8 Å². The predicted molar refractivity (Wildman–Crippen MR) is 93.3 cm³/mol. The Morgan fingerprint density at radius 2 is 1.92 bits per heavy atom. The number of hydrogen-bond donors (Lipinski definition) is 1. The number of sulfone groups is 1. The van der Waals surface area contributed by atoms with E-state index >= 15 is 0 Å². The van der Waals surface area contributed by atoms with Crippen LogP contribution in [-0.2, 0) is 9.84 Å². The second-order valence-corrected chi connectivity index (χ2v) is 7.20. The van der Waals surface area contributed by atoms with Crippen LogP contribution in [0, 0.1) is 28.4 Å². The third-order valence-electron chi connectivity index (χ3n) is 3.52. The van der Waals surface area contributed by atoms with Gasteiger partial charge >= 0.3 is 5.69 Å². The summed E-state index contributed by atoms with van der Waals surface area (Å²) in [5, 5.41) is 30.1. The number of phenolic OH excluding ortho intramolecular Hbond substituents is 1. The highest BCUT2D eigenvalue weighted by atomic mass is 32.2. The Balaban J connectivity index is 2.62. The summed E-state index contributed by atoms with van der Waals surface area (Å²) in [6.45, 7) is 1.79. The van der Waals surface area contributed by atoms with Gasteiger partial charge in [-0.05, 0) is 36.8 Å². The number of aromatic hydroxyl groups is 1. The molecule has 2 aromatic carbocycles. The van der Waals surface area contributed by atoms with E-state index in [0.29, 0.717) is 0 Å². The summed E-state index contributed by atoms with van der Waals surface area (Å²) in [5.74, 6) is -0.898. The van der Waals surface area contributed by atoms with Gasteiger partial charge in [-0.1, -0.05) is 17.7 Å². The Labute approximate surface area is 149 Å². The fourth-order valence-electron chi connectivity index (χ4n) is 2.16. The number of nitro groups is 1. The summed E-state index contributed by atoms with van der Waals surface area (Å²) in [6, 6.07) is 9.69. The Kier molecular flexibility index (Phi) is 5.28. The van der Waals surface area contributed by atoms with Gasteiger partial charge < -0.3 is 9.84 Å². The number of benzene rings is 2. The van der Waals surface area contributed by atoms with Crippen molar-refractivity contribution in [2.75, 3.05) is 7.11 Å². The SMILES string of the molecule is COc1cc(/C=C(\C#N)S(=O)(=O)c2ccc(C)cc2)cc([N+](=O)[O-])c1O. The van der Waals surface area contributed by atoms with E-state index in [1.54, 1.807) is 25.1 Å². The molecule has 0 amide bonds. The third-order valence-corrected chi connectivity index (χ3v) is 5.20. The Hall–Kier alpha value is -3.38. The van der Waals surface area contributed by atoms with Crippen molar-refractivity contribution in [3.05, 3.63) is 62.5 Å². The number of ether oxygens (including phenoxy) is 1. The van der Waals surface area contributed by atoms with E-state index in [2.05, 4.69) is 0 Å². The average molecular weight is 374 g/mol. The largest absolute Gasteiger partial charge is 0.500 e. The summed E-state index contributed by atoms with van der Waals surface area (Å²) in [5.41, 5.74) is 0.213. The molecule has 0 bridgehead atoms. The van der Waals surface area contributed by atoms with Gasteiger partial charge in [-0.2, -0.15) is 5.26 Å². The third kappa shape index (κ3) is 3.65. The van der Waals surface area contributed by atoms with E-state index in [1.807, 2.05) is 0 Å². The van der Waals surface area contributed by atoms with Crippen LogP contribution in [0.15, 0.2) is 46.2 Å². The molecular formula is C17H14N2O6S. The molecule has 0 fully saturated rings. The van der Waals surface area contributed by atoms with E-state index in [0.717, 1.165) is 17.7 Å². The second kappa shape index (κ2) is 7.25. The van der Waals surface area contributed by atoms with Gasteiger partial charge in [0.25, 0.3) is 0 Å². The Morgan fingerprint density at radius 3 is 2.42 bits per heavy atom. The lowest BCUT2D eigenvalue weighted by atomic mass is 10.1. The average Bonchev–Trinajstić information content (AvgIpc) is 2.60. The highest BCUT2D eigenvalue weighted by molar-refractivity contribution is 7.95. The van der Waals surface area contributed by atoms with Gasteiger partial charge in [0.1, 0.15) is 11.0 Å². The molecule has 0 radical (unpaired) electrons. The van der Waals surface area contributed by atoms with Gasteiger partial charge in [-0.3, -0.25) is 10.1 Å². The second-order valence-electron chi connectivity index (χ2n) is 5.28. The first-order valence-electron chi connectivity index (χ1n) is 7.19. The maximum Gasteiger partial charge on any atom is 0.315 e. The van der Waals surface area contributed by atoms with E-state index < -0.39 is 31.1 Å². The number of rotatable bonds is 5. The maximum absolute atomic E-state index is 12.6. The lowest BCUT2D eigenvalue weighted by Gasteiger charge is -2.07. The molecule has 134 valence electrons. The van der Waals surface area contributed by atoms with Crippen molar-refractivity contribution in [3.63, 3.8) is 0 Å². The normalized spacial score (nSPS) is 11.7. The smallest absolute Gasteiger partial charge is 0.315 e. The molecule has 2 rings (SSSR count). The molecule has 0 saturated carbocycles. The van der Waals surface area contributed by atoms with Gasteiger partial charge in [0, 0.05) is 6.07 Å². The summed E-state index contributed by atoms with van der Waals surface area (Å²) in [4.78, 5) is 9.53. The molecule has 26 heavy (non-hydrogen) atoms. The minimum atomic E-state index is -4.10. The molecule has 0 unspecified atom stereocenters. The zero-order chi connectivity index (χ0) is 19.5. The van der Waals surface area contributed by atoms with Crippen LogP contribution >= 0.6 is 0 Å². The molecule has 0 heterocycles. The predicted octanol–water partition coefficient (Wildman–Crippen LogP) is 2.96. The molecule has 2 aromatic rings. The van der Waals surface area contributed by atoms with Gasteiger partial charge in [0.15, 0.2) is 5.75 Å². The topological polar surface area (TPSA) is 131 Å². The number of nitro benzene ring substituents is 1. The minimum Gasteiger partial charge on any atom is -0.500 e. The van der Waals surface area contributed by atoms with Gasteiger partial charge in [-0.25, -0.2) is 8.42 Å². The molecule has 0 aliphatic rings. The summed E-state index contributed by atoms with van der Waals surface area (Å²) < 4.78 is 30.1. The zero-order valence-electron chi connectivity index (χ0n) is 13.8. The minimum absolute atomic E-state index is 0.0265. The monoisotopic (exact) mass is 374 g/mol. The van der Waals surface area contributed by atoms with Crippen LogP contribution < -0.4 is 4.74 Å². The molecule has 0 saturated heterocycles. The van der Waals surface area contributed by atoms with Crippen molar-refractivity contribution in [1.82, 2.24) is 0 Å². The number of nitriles is 1. The van der Waals surface area contributed by atoms with Crippen molar-refractivity contribution in [1.29, 1.82) is 5.26 Å².